The first kappa shape index (κ1) is 5.65. The van der Waals surface area contributed by atoms with Crippen LogP contribution in [0.25, 0.3) is 0 Å². The Morgan fingerprint density at radius 3 is 2.50 bits per heavy atom. The van der Waals surface area contributed by atoms with E-state index < -0.39 is 5.97 Å². The van der Waals surface area contributed by atoms with E-state index >= 15 is 0 Å². The first-order valence-corrected chi connectivity index (χ1v) is 1.78. The van der Waals surface area contributed by atoms with Gasteiger partial charge in [-0.15, -0.1) is 0 Å². The zero-order valence-corrected chi connectivity index (χ0v) is 4.10. The number of rotatable bonds is 1. The number of hydrogen-bond donors (Lipinski definition) is 1. The summed E-state index contributed by atoms with van der Waals surface area (Å²) in [5.74, 6) is -0.466. The first-order valence-electron chi connectivity index (χ1n) is 1.37. The van der Waals surface area contributed by atoms with Crippen LogP contribution in [0.15, 0.2) is 0 Å². The highest BCUT2D eigenvalue weighted by molar-refractivity contribution is 6.05. The molecule has 0 saturated carbocycles. The van der Waals surface area contributed by atoms with Crippen molar-refractivity contribution in [2.45, 2.75) is 0 Å². The van der Waals surface area contributed by atoms with E-state index in [9.17, 15) is 4.79 Å². The SMILES string of the molecule is NCC(=O)O[Si]. The van der Waals surface area contributed by atoms with E-state index in [1.54, 1.807) is 0 Å². The number of nitrogens with two attached hydrogens (primary N) is 1. The van der Waals surface area contributed by atoms with Crippen LogP contribution in [0.1, 0.15) is 0 Å². The molecule has 0 amide bonds. The van der Waals surface area contributed by atoms with Crippen molar-refractivity contribution >= 4 is 16.5 Å². The molecule has 0 aromatic carbocycles. The van der Waals surface area contributed by atoms with Gasteiger partial charge in [-0.1, -0.05) is 0 Å². The van der Waals surface area contributed by atoms with E-state index in [-0.39, 0.29) is 6.54 Å². The predicted octanol–water partition coefficient (Wildman–Crippen LogP) is -1.43. The van der Waals surface area contributed by atoms with Gasteiger partial charge in [0.05, 0.1) is 6.54 Å². The van der Waals surface area contributed by atoms with Gasteiger partial charge in [0.25, 0.3) is 0 Å². The van der Waals surface area contributed by atoms with Gasteiger partial charge in [0.2, 0.25) is 0 Å². The Bertz CT molecular complexity index is 49.5. The molecule has 0 aliphatic rings. The van der Waals surface area contributed by atoms with Crippen LogP contribution >= 0.6 is 0 Å². The smallest absolute Gasteiger partial charge is 0.345 e. The second-order valence-corrected chi connectivity index (χ2v) is 0.882. The third-order valence-electron chi connectivity index (χ3n) is 0.281. The average molecular weight is 102 g/mol. The Hall–Kier alpha value is -0.353. The van der Waals surface area contributed by atoms with Crippen molar-refractivity contribution in [3.8, 4) is 0 Å². The van der Waals surface area contributed by atoms with Gasteiger partial charge in [-0.3, -0.25) is 4.79 Å². The quantitative estimate of drug-likeness (QED) is 0.413. The molecular formula is C2H4NO2Si. The molecule has 0 heterocycles. The highest BCUT2D eigenvalue weighted by atomic mass is 28.2. The maximum absolute atomic E-state index is 9.78. The monoisotopic (exact) mass is 102 g/mol. The highest BCUT2D eigenvalue weighted by Crippen LogP contribution is 1.59. The number of carbonyl (C=O) groups excluding carboxylic acids is 1. The van der Waals surface area contributed by atoms with Crippen LogP contribution in [0, 0.1) is 0 Å². The lowest BCUT2D eigenvalue weighted by atomic mass is 10.7. The van der Waals surface area contributed by atoms with Gasteiger partial charge in [0, 0.05) is 0 Å². The Kier molecular flexibility index (Phi) is 2.69. The van der Waals surface area contributed by atoms with Gasteiger partial charge in [-0.25, -0.2) is 0 Å². The van der Waals surface area contributed by atoms with E-state index in [0.29, 0.717) is 0 Å². The summed E-state index contributed by atoms with van der Waals surface area (Å²) >= 11 is 0. The molecule has 0 spiro atoms. The van der Waals surface area contributed by atoms with Crippen molar-refractivity contribution in [3.63, 3.8) is 0 Å². The summed E-state index contributed by atoms with van der Waals surface area (Å²) in [6.07, 6.45) is 0. The molecule has 2 N–H and O–H groups in total. The van der Waals surface area contributed by atoms with Crippen molar-refractivity contribution in [1.29, 1.82) is 0 Å². The van der Waals surface area contributed by atoms with Crippen LogP contribution < -0.4 is 5.73 Å². The molecule has 0 rings (SSSR count). The minimum atomic E-state index is -0.466. The summed E-state index contributed by atoms with van der Waals surface area (Å²) in [5, 5.41) is 0. The van der Waals surface area contributed by atoms with Gasteiger partial charge in [-0.2, -0.15) is 0 Å². The minimum absolute atomic E-state index is 0.0799. The van der Waals surface area contributed by atoms with Crippen molar-refractivity contribution in [3.05, 3.63) is 0 Å². The molecular weight excluding hydrogens is 98.1 g/mol. The molecule has 6 heavy (non-hydrogen) atoms. The fraction of sp³-hybridized carbons (Fsp3) is 0.500. The zero-order chi connectivity index (χ0) is 4.99. The summed E-state index contributed by atoms with van der Waals surface area (Å²) in [6.45, 7) is -0.0799. The van der Waals surface area contributed by atoms with Gasteiger partial charge >= 0.3 is 16.5 Å². The van der Waals surface area contributed by atoms with Crippen LogP contribution in [-0.4, -0.2) is 23.0 Å². The molecule has 0 unspecified atom stereocenters. The first-order chi connectivity index (χ1) is 2.81. The van der Waals surface area contributed by atoms with E-state index in [1.807, 2.05) is 0 Å². The van der Waals surface area contributed by atoms with Crippen LogP contribution in [0.2, 0.25) is 0 Å². The molecule has 0 bridgehead atoms. The molecule has 0 aromatic heterocycles. The van der Waals surface area contributed by atoms with Gasteiger partial charge in [-0.05, 0) is 0 Å². The van der Waals surface area contributed by atoms with E-state index in [1.165, 1.54) is 0 Å². The van der Waals surface area contributed by atoms with Crippen molar-refractivity contribution in [2.75, 3.05) is 6.54 Å². The van der Waals surface area contributed by atoms with Crippen LogP contribution in [-0.2, 0) is 9.22 Å². The molecule has 0 aromatic rings. The second kappa shape index (κ2) is 2.86. The number of hydrogen-bond acceptors (Lipinski definition) is 3. The minimum Gasteiger partial charge on any atom is -0.515 e. The molecule has 0 fully saturated rings. The van der Waals surface area contributed by atoms with E-state index in [2.05, 4.69) is 14.9 Å². The summed E-state index contributed by atoms with van der Waals surface area (Å²) in [7, 11) is 2.49. The summed E-state index contributed by atoms with van der Waals surface area (Å²) < 4.78 is 3.94. The fourth-order valence-corrected chi connectivity index (χ4v) is 0.125. The topological polar surface area (TPSA) is 52.3 Å². The maximum atomic E-state index is 9.78. The van der Waals surface area contributed by atoms with Gasteiger partial charge < -0.3 is 10.2 Å². The predicted molar refractivity (Wildman–Crippen MR) is 20.9 cm³/mol. The molecule has 0 aliphatic heterocycles. The lowest BCUT2D eigenvalue weighted by Crippen LogP contribution is -2.14. The fourth-order valence-electron chi connectivity index (χ4n) is 0.0417. The summed E-state index contributed by atoms with van der Waals surface area (Å²) in [4.78, 5) is 9.78. The largest absolute Gasteiger partial charge is 0.515 e. The Labute approximate surface area is 39.0 Å². The Morgan fingerprint density at radius 2 is 2.50 bits per heavy atom. The molecule has 0 aliphatic carbocycles. The van der Waals surface area contributed by atoms with E-state index in [4.69, 9.17) is 5.73 Å². The van der Waals surface area contributed by atoms with Crippen LogP contribution in [0.3, 0.4) is 0 Å². The van der Waals surface area contributed by atoms with Crippen molar-refractivity contribution in [2.24, 2.45) is 5.73 Å². The van der Waals surface area contributed by atoms with Gasteiger partial charge in [0.15, 0.2) is 0 Å². The molecule has 3 radical (unpaired) electrons. The third-order valence-corrected chi connectivity index (χ3v) is 0.508. The summed E-state index contributed by atoms with van der Waals surface area (Å²) in [6, 6.07) is 0. The Balaban J connectivity index is 2.99. The molecule has 4 heteroatoms. The van der Waals surface area contributed by atoms with Crippen molar-refractivity contribution < 1.29 is 9.22 Å². The third kappa shape index (κ3) is 1.92. The van der Waals surface area contributed by atoms with E-state index in [0.717, 1.165) is 0 Å². The van der Waals surface area contributed by atoms with Crippen molar-refractivity contribution in [1.82, 2.24) is 0 Å². The zero-order valence-electron chi connectivity index (χ0n) is 3.10. The highest BCUT2D eigenvalue weighted by Gasteiger charge is 1.87. The van der Waals surface area contributed by atoms with Crippen LogP contribution in [0.5, 0.6) is 0 Å². The Morgan fingerprint density at radius 1 is 2.00 bits per heavy atom. The maximum Gasteiger partial charge on any atom is 0.345 e. The second-order valence-electron chi connectivity index (χ2n) is 0.678. The summed E-state index contributed by atoms with van der Waals surface area (Å²) in [5.41, 5.74) is 4.78. The molecule has 0 atom stereocenters. The standard InChI is InChI=1S/C2H4NO2Si/c3-1-2(4)5-6/h1,3H2. The normalized spacial score (nSPS) is 7.67. The van der Waals surface area contributed by atoms with Crippen LogP contribution in [0.4, 0.5) is 0 Å². The lowest BCUT2D eigenvalue weighted by molar-refractivity contribution is -0.132. The van der Waals surface area contributed by atoms with Gasteiger partial charge in [0.1, 0.15) is 0 Å². The molecule has 33 valence electrons. The average Bonchev–Trinajstić information content (AvgIpc) is 1.65. The number of carbonyl (C=O) groups is 1. The molecule has 3 nitrogen and oxygen atoms in total. The molecule has 0 saturated heterocycles. The lowest BCUT2D eigenvalue weighted by Gasteiger charge is -1.87.